The van der Waals surface area contributed by atoms with E-state index in [-0.39, 0.29) is 24.8 Å². The van der Waals surface area contributed by atoms with Gasteiger partial charge in [0.1, 0.15) is 18.1 Å². The lowest BCUT2D eigenvalue weighted by atomic mass is 10.1. The van der Waals surface area contributed by atoms with Gasteiger partial charge in [-0.1, -0.05) is 0 Å². The summed E-state index contributed by atoms with van der Waals surface area (Å²) in [5, 5.41) is 23.4. The molecule has 1 heterocycles. The van der Waals surface area contributed by atoms with Gasteiger partial charge in [0.2, 0.25) is 17.7 Å². The van der Waals surface area contributed by atoms with E-state index in [1.807, 2.05) is 0 Å². The highest BCUT2D eigenvalue weighted by Gasteiger charge is 2.37. The van der Waals surface area contributed by atoms with Crippen LogP contribution in [0.25, 0.3) is 0 Å². The van der Waals surface area contributed by atoms with Crippen LogP contribution in [-0.2, 0) is 19.2 Å². The summed E-state index contributed by atoms with van der Waals surface area (Å²) in [5.41, 5.74) is 16.0. The molecule has 13 nitrogen and oxygen atoms in total. The Morgan fingerprint density at radius 3 is 2.40 bits per heavy atom. The molecule has 0 spiro atoms. The van der Waals surface area contributed by atoms with Crippen LogP contribution in [0.1, 0.15) is 32.6 Å². The fraction of sp³-hybridized carbons (Fsp3) is 0.706. The molecule has 0 aromatic heterocycles. The van der Waals surface area contributed by atoms with Crippen molar-refractivity contribution in [3.63, 3.8) is 0 Å². The smallest absolute Gasteiger partial charge is 0.326 e. The largest absolute Gasteiger partial charge is 0.480 e. The number of carboxylic acids is 1. The Morgan fingerprint density at radius 1 is 1.20 bits per heavy atom. The van der Waals surface area contributed by atoms with E-state index >= 15 is 0 Å². The number of carbonyl (C=O) groups excluding carboxylic acids is 3. The van der Waals surface area contributed by atoms with Gasteiger partial charge >= 0.3 is 5.97 Å². The Kier molecular flexibility index (Phi) is 9.98. The number of hydrogen-bond donors (Lipinski definition) is 7. The standard InChI is InChI=1S/C17H31N7O6/c1-9(18)15(28)24-7-3-5-12(24)14(27)23-11(8-25)13(26)22-10(16(29)30)4-2-6-21-17(19)20/h9-12,25H,2-8,18H2,1H3,(H,22,26)(H,23,27)(H,29,30)(H4,19,20,21). The topological polar surface area (TPSA) is 226 Å². The van der Waals surface area contributed by atoms with Crippen LogP contribution in [0.2, 0.25) is 0 Å². The van der Waals surface area contributed by atoms with Crippen molar-refractivity contribution in [1.82, 2.24) is 15.5 Å². The summed E-state index contributed by atoms with van der Waals surface area (Å²) in [6.45, 7) is 1.32. The number of carbonyl (C=O) groups is 4. The van der Waals surface area contributed by atoms with E-state index in [0.717, 1.165) is 0 Å². The minimum absolute atomic E-state index is 0.0449. The molecular weight excluding hydrogens is 398 g/mol. The molecule has 10 N–H and O–H groups in total. The van der Waals surface area contributed by atoms with Gasteiger partial charge in [-0.25, -0.2) is 4.79 Å². The Bertz CT molecular complexity index is 665. The highest BCUT2D eigenvalue weighted by molar-refractivity contribution is 5.94. The molecule has 1 saturated heterocycles. The van der Waals surface area contributed by atoms with Crippen LogP contribution in [0.15, 0.2) is 4.99 Å². The predicted molar refractivity (Wildman–Crippen MR) is 107 cm³/mol. The third-order valence-corrected chi connectivity index (χ3v) is 4.60. The molecule has 0 aliphatic carbocycles. The predicted octanol–water partition coefficient (Wildman–Crippen LogP) is -3.58. The van der Waals surface area contributed by atoms with E-state index in [0.29, 0.717) is 25.8 Å². The molecule has 1 aliphatic heterocycles. The molecule has 0 radical (unpaired) electrons. The molecule has 4 unspecified atom stereocenters. The van der Waals surface area contributed by atoms with Crippen LogP contribution >= 0.6 is 0 Å². The highest BCUT2D eigenvalue weighted by atomic mass is 16.4. The van der Waals surface area contributed by atoms with Crippen LogP contribution in [-0.4, -0.2) is 88.6 Å². The molecule has 0 saturated carbocycles. The first-order chi connectivity index (χ1) is 14.1. The van der Waals surface area contributed by atoms with Gasteiger partial charge in [-0.3, -0.25) is 19.4 Å². The summed E-state index contributed by atoms with van der Waals surface area (Å²) in [6.07, 6.45) is 1.33. The molecule has 30 heavy (non-hydrogen) atoms. The number of nitrogens with zero attached hydrogens (tertiary/aromatic N) is 2. The van der Waals surface area contributed by atoms with Crippen molar-refractivity contribution in [3.05, 3.63) is 0 Å². The Morgan fingerprint density at radius 2 is 1.87 bits per heavy atom. The lowest BCUT2D eigenvalue weighted by Crippen LogP contribution is -2.57. The lowest BCUT2D eigenvalue weighted by Gasteiger charge is -2.27. The molecular formula is C17H31N7O6. The average molecular weight is 429 g/mol. The third-order valence-electron chi connectivity index (χ3n) is 4.60. The number of nitrogens with two attached hydrogens (primary N) is 3. The zero-order valence-electron chi connectivity index (χ0n) is 16.9. The van der Waals surface area contributed by atoms with Gasteiger partial charge in [-0.05, 0) is 32.6 Å². The third kappa shape index (κ3) is 7.48. The van der Waals surface area contributed by atoms with E-state index in [1.165, 1.54) is 11.8 Å². The monoisotopic (exact) mass is 429 g/mol. The molecule has 4 atom stereocenters. The number of aliphatic carboxylic acids is 1. The van der Waals surface area contributed by atoms with Gasteiger partial charge in [0, 0.05) is 13.1 Å². The first-order valence-corrected chi connectivity index (χ1v) is 9.64. The summed E-state index contributed by atoms with van der Waals surface area (Å²) in [4.78, 5) is 53.5. The SMILES string of the molecule is CC(N)C(=O)N1CCCC1C(=O)NC(CO)C(=O)NC(CCCN=C(N)N)C(=O)O. The molecule has 13 heteroatoms. The number of likely N-dealkylation sites (tertiary alicyclic amines) is 1. The summed E-state index contributed by atoms with van der Waals surface area (Å²) in [7, 11) is 0. The lowest BCUT2D eigenvalue weighted by molar-refractivity contribution is -0.143. The normalized spacial score (nSPS) is 18.8. The van der Waals surface area contributed by atoms with Crippen molar-refractivity contribution in [2.45, 2.75) is 56.8 Å². The van der Waals surface area contributed by atoms with Crippen LogP contribution in [0.4, 0.5) is 0 Å². The van der Waals surface area contributed by atoms with Gasteiger partial charge in [0.25, 0.3) is 0 Å². The molecule has 3 amide bonds. The number of amides is 3. The van der Waals surface area contributed by atoms with Gasteiger partial charge < -0.3 is 42.9 Å². The van der Waals surface area contributed by atoms with Crippen molar-refractivity contribution in [1.29, 1.82) is 0 Å². The number of guanidine groups is 1. The first-order valence-electron chi connectivity index (χ1n) is 9.64. The molecule has 170 valence electrons. The van der Waals surface area contributed by atoms with Gasteiger partial charge in [-0.2, -0.15) is 0 Å². The Hall–Kier alpha value is -2.93. The van der Waals surface area contributed by atoms with Crippen LogP contribution in [0, 0.1) is 0 Å². The fourth-order valence-electron chi connectivity index (χ4n) is 3.06. The van der Waals surface area contributed by atoms with E-state index < -0.39 is 48.6 Å². The molecule has 0 aromatic rings. The van der Waals surface area contributed by atoms with Crippen molar-refractivity contribution in [3.8, 4) is 0 Å². The number of nitrogens with one attached hydrogen (secondary N) is 2. The number of hydrogen-bond acceptors (Lipinski definition) is 7. The zero-order valence-corrected chi connectivity index (χ0v) is 16.9. The van der Waals surface area contributed by atoms with Crippen molar-refractivity contribution < 1.29 is 29.4 Å². The van der Waals surface area contributed by atoms with Gasteiger partial charge in [-0.15, -0.1) is 0 Å². The highest BCUT2D eigenvalue weighted by Crippen LogP contribution is 2.18. The van der Waals surface area contributed by atoms with Crippen molar-refractivity contribution >= 4 is 29.7 Å². The van der Waals surface area contributed by atoms with E-state index in [2.05, 4.69) is 15.6 Å². The maximum absolute atomic E-state index is 12.6. The second-order valence-corrected chi connectivity index (χ2v) is 7.07. The summed E-state index contributed by atoms with van der Waals surface area (Å²) < 4.78 is 0. The number of aliphatic imine (C=N–C) groups is 1. The zero-order chi connectivity index (χ0) is 22.8. The number of rotatable bonds is 11. The van der Waals surface area contributed by atoms with Crippen molar-refractivity contribution in [2.75, 3.05) is 19.7 Å². The molecule has 1 fully saturated rings. The van der Waals surface area contributed by atoms with E-state index in [9.17, 15) is 29.4 Å². The van der Waals surface area contributed by atoms with Crippen LogP contribution < -0.4 is 27.8 Å². The summed E-state index contributed by atoms with van der Waals surface area (Å²) >= 11 is 0. The van der Waals surface area contributed by atoms with E-state index in [4.69, 9.17) is 17.2 Å². The van der Waals surface area contributed by atoms with Gasteiger partial charge in [0.15, 0.2) is 5.96 Å². The molecule has 1 rings (SSSR count). The summed E-state index contributed by atoms with van der Waals surface area (Å²) in [6, 6.07) is -4.20. The van der Waals surface area contributed by atoms with E-state index in [1.54, 1.807) is 0 Å². The quantitative estimate of drug-likeness (QED) is 0.0977. The first kappa shape index (κ1) is 25.1. The number of aliphatic hydroxyl groups is 1. The van der Waals surface area contributed by atoms with Gasteiger partial charge in [0.05, 0.1) is 12.6 Å². The average Bonchev–Trinajstić information content (AvgIpc) is 3.16. The summed E-state index contributed by atoms with van der Waals surface area (Å²) in [5.74, 6) is -3.26. The molecule has 0 aromatic carbocycles. The number of aliphatic hydroxyl groups excluding tert-OH is 1. The molecule has 0 bridgehead atoms. The van der Waals surface area contributed by atoms with Crippen molar-refractivity contribution in [2.24, 2.45) is 22.2 Å². The number of carboxylic acid groups (broad SMARTS) is 1. The molecule has 1 aliphatic rings. The van der Waals surface area contributed by atoms with Crippen LogP contribution in [0.3, 0.4) is 0 Å². The Balaban J connectivity index is 2.69. The van der Waals surface area contributed by atoms with Crippen LogP contribution in [0.5, 0.6) is 0 Å². The maximum Gasteiger partial charge on any atom is 0.326 e. The fourth-order valence-corrected chi connectivity index (χ4v) is 3.06. The Labute approximate surface area is 174 Å². The minimum atomic E-state index is -1.37. The second-order valence-electron chi connectivity index (χ2n) is 7.07. The minimum Gasteiger partial charge on any atom is -0.480 e. The second kappa shape index (κ2) is 11.9. The maximum atomic E-state index is 12.6.